The zero-order valence-electron chi connectivity index (χ0n) is 12.8. The van der Waals surface area contributed by atoms with E-state index in [2.05, 4.69) is 20.3 Å². The fourth-order valence-electron chi connectivity index (χ4n) is 2.14. The average Bonchev–Trinajstić information content (AvgIpc) is 2.84. The van der Waals surface area contributed by atoms with Gasteiger partial charge in [-0.1, -0.05) is 0 Å². The third-order valence-electron chi connectivity index (χ3n) is 3.16. The zero-order chi connectivity index (χ0) is 16.3. The number of hydrogen-bond donors (Lipinski definition) is 3. The fraction of sp³-hybridized carbons (Fsp3) is 0.500. The number of hydrogen-bond acceptors (Lipinski definition) is 6. The summed E-state index contributed by atoms with van der Waals surface area (Å²) in [7, 11) is 0.174. The third kappa shape index (κ3) is 3.36. The van der Waals surface area contributed by atoms with Crippen LogP contribution in [0.3, 0.4) is 0 Å². The van der Waals surface area contributed by atoms with Crippen LogP contribution < -0.4 is 22.4 Å². The molecule has 2 heterocycles. The Morgan fingerprint density at radius 3 is 2.77 bits per heavy atom. The highest BCUT2D eigenvalue weighted by Gasteiger charge is 2.14. The van der Waals surface area contributed by atoms with Gasteiger partial charge in [0.15, 0.2) is 5.95 Å². The Bertz CT molecular complexity index is 764. The topological polar surface area (TPSA) is 124 Å². The van der Waals surface area contributed by atoms with E-state index in [1.807, 2.05) is 13.6 Å². The molecule has 0 radical (unpaired) electrons. The number of aromatic nitrogens is 5. The van der Waals surface area contributed by atoms with Crippen LogP contribution in [0.1, 0.15) is 19.5 Å². The monoisotopic (exact) mass is 325 g/mol. The van der Waals surface area contributed by atoms with Crippen molar-refractivity contribution in [3.8, 4) is 0 Å². The molecule has 22 heavy (non-hydrogen) atoms. The molecule has 0 fully saturated rings. The second kappa shape index (κ2) is 6.74. The first kappa shape index (κ1) is 16.2. The van der Waals surface area contributed by atoms with Crippen LogP contribution in [0, 0.1) is 0 Å². The van der Waals surface area contributed by atoms with Crippen LogP contribution in [0.5, 0.6) is 0 Å². The molecule has 2 rings (SSSR count). The Hall–Kier alpha value is -2.15. The summed E-state index contributed by atoms with van der Waals surface area (Å²) in [6, 6.07) is -0.0498. The Morgan fingerprint density at radius 2 is 2.23 bits per heavy atom. The third-order valence-corrected chi connectivity index (χ3v) is 4.01. The van der Waals surface area contributed by atoms with Gasteiger partial charge in [-0.2, -0.15) is 4.98 Å². The molecule has 0 aromatic carbocycles. The minimum absolute atomic E-state index is 0.0498. The lowest BCUT2D eigenvalue weighted by Gasteiger charge is -2.17. The van der Waals surface area contributed by atoms with Crippen molar-refractivity contribution in [1.29, 1.82) is 0 Å². The van der Waals surface area contributed by atoms with Gasteiger partial charge in [0.25, 0.3) is 0 Å². The molecular weight excluding hydrogens is 305 g/mol. The van der Waals surface area contributed by atoms with Crippen LogP contribution in [0.4, 0.5) is 11.9 Å². The molecule has 0 aliphatic rings. The lowest BCUT2D eigenvalue weighted by atomic mass is 10.2. The van der Waals surface area contributed by atoms with Crippen molar-refractivity contribution >= 4 is 20.6 Å². The van der Waals surface area contributed by atoms with Crippen LogP contribution in [-0.2, 0) is 13.0 Å². The van der Waals surface area contributed by atoms with Gasteiger partial charge in [0.05, 0.1) is 6.20 Å². The van der Waals surface area contributed by atoms with Crippen LogP contribution >= 0.6 is 8.73 Å². The molecular formula is C12H20N7O2P. The van der Waals surface area contributed by atoms with Gasteiger partial charge >= 0.3 is 11.4 Å². The molecule has 0 bridgehead atoms. The standard InChI is InChI=1S/C12H20N7O2P/c1-4-18-11(20)17-10(19(22-3)12(18)21)15-7(2)5-8-6-14-9(13)16-8/h6-7,22H,4-5H2,1-3H3,(H3,13,14,16)(H,15,17,20). The van der Waals surface area contributed by atoms with Crippen LogP contribution in [0.25, 0.3) is 0 Å². The number of nitrogen functional groups attached to an aromatic ring is 1. The van der Waals surface area contributed by atoms with Gasteiger partial charge in [0.2, 0.25) is 5.95 Å². The van der Waals surface area contributed by atoms with E-state index in [-0.39, 0.29) is 20.5 Å². The zero-order valence-corrected chi connectivity index (χ0v) is 13.8. The predicted molar refractivity (Wildman–Crippen MR) is 87.9 cm³/mol. The van der Waals surface area contributed by atoms with E-state index in [1.165, 1.54) is 4.34 Å². The average molecular weight is 325 g/mol. The van der Waals surface area contributed by atoms with Gasteiger partial charge in [-0.25, -0.2) is 23.5 Å². The van der Waals surface area contributed by atoms with Crippen LogP contribution in [0.15, 0.2) is 15.8 Å². The van der Waals surface area contributed by atoms with Crippen molar-refractivity contribution in [3.63, 3.8) is 0 Å². The van der Waals surface area contributed by atoms with Gasteiger partial charge < -0.3 is 16.0 Å². The minimum Gasteiger partial charge on any atom is -0.369 e. The highest BCUT2D eigenvalue weighted by molar-refractivity contribution is 7.35. The second-order valence-electron chi connectivity index (χ2n) is 4.85. The first-order valence-electron chi connectivity index (χ1n) is 6.93. The number of nitrogens with one attached hydrogen (secondary N) is 2. The van der Waals surface area contributed by atoms with Gasteiger partial charge in [-0.15, -0.1) is 0 Å². The normalized spacial score (nSPS) is 12.9. The summed E-state index contributed by atoms with van der Waals surface area (Å²) in [5.41, 5.74) is 5.52. The molecule has 0 saturated carbocycles. The van der Waals surface area contributed by atoms with Crippen molar-refractivity contribution < 1.29 is 0 Å². The summed E-state index contributed by atoms with van der Waals surface area (Å²) < 4.78 is 2.59. The molecule has 0 aliphatic heterocycles. The van der Waals surface area contributed by atoms with Gasteiger partial charge in [0.1, 0.15) is 0 Å². The molecule has 0 amide bonds. The number of H-pyrrole nitrogens is 1. The number of nitrogens with zero attached hydrogens (tertiary/aromatic N) is 4. The lowest BCUT2D eigenvalue weighted by molar-refractivity contribution is 0.628. The van der Waals surface area contributed by atoms with Crippen molar-refractivity contribution in [2.75, 3.05) is 17.7 Å². The largest absolute Gasteiger partial charge is 0.369 e. The van der Waals surface area contributed by atoms with E-state index in [1.54, 1.807) is 13.1 Å². The lowest BCUT2D eigenvalue weighted by Crippen LogP contribution is -2.41. The quantitative estimate of drug-likeness (QED) is 0.634. The molecule has 0 saturated heterocycles. The highest BCUT2D eigenvalue weighted by Crippen LogP contribution is 2.13. The maximum Gasteiger partial charge on any atom is 0.354 e. The molecule has 0 aliphatic carbocycles. The van der Waals surface area contributed by atoms with Crippen LogP contribution in [0.2, 0.25) is 0 Å². The molecule has 2 unspecified atom stereocenters. The number of anilines is 2. The Balaban J connectivity index is 2.25. The molecule has 2 aromatic rings. The number of nitrogens with two attached hydrogens (primary N) is 1. The molecule has 9 nitrogen and oxygen atoms in total. The number of aromatic amines is 1. The molecule has 120 valence electrons. The van der Waals surface area contributed by atoms with Crippen molar-refractivity contribution in [2.24, 2.45) is 0 Å². The van der Waals surface area contributed by atoms with E-state index in [0.29, 0.717) is 24.9 Å². The molecule has 2 aromatic heterocycles. The molecule has 10 heteroatoms. The van der Waals surface area contributed by atoms with Crippen molar-refractivity contribution in [2.45, 2.75) is 32.9 Å². The van der Waals surface area contributed by atoms with Gasteiger partial charge in [-0.3, -0.25) is 0 Å². The Morgan fingerprint density at radius 1 is 1.50 bits per heavy atom. The summed E-state index contributed by atoms with van der Waals surface area (Å²) in [6.45, 7) is 5.83. The summed E-state index contributed by atoms with van der Waals surface area (Å²) in [4.78, 5) is 35.0. The van der Waals surface area contributed by atoms with Gasteiger partial charge in [0, 0.05) is 24.7 Å². The van der Waals surface area contributed by atoms with E-state index in [0.717, 1.165) is 10.3 Å². The van der Waals surface area contributed by atoms with E-state index >= 15 is 0 Å². The first-order valence-corrected chi connectivity index (χ1v) is 8.38. The predicted octanol–water partition coefficient (Wildman–Crippen LogP) is -0.155. The van der Waals surface area contributed by atoms with Gasteiger partial charge in [-0.05, 0) is 29.2 Å². The maximum absolute atomic E-state index is 12.2. The summed E-state index contributed by atoms with van der Waals surface area (Å²) in [5.74, 6) is 0.651. The molecule has 0 spiro atoms. The Kier molecular flexibility index (Phi) is 4.97. The summed E-state index contributed by atoms with van der Waals surface area (Å²) in [5, 5.41) is 3.11. The summed E-state index contributed by atoms with van der Waals surface area (Å²) in [6.07, 6.45) is 2.27. The van der Waals surface area contributed by atoms with E-state index in [4.69, 9.17) is 5.73 Å². The van der Waals surface area contributed by atoms with Crippen LogP contribution in [-0.4, -0.2) is 36.6 Å². The number of rotatable bonds is 6. The molecule has 2 atom stereocenters. The van der Waals surface area contributed by atoms with E-state index in [9.17, 15) is 9.59 Å². The first-order chi connectivity index (χ1) is 10.5. The SMILES string of the molecule is CCn1c(=O)nc(NC(C)Cc2cnc(N)[nH]2)n(PC)c1=O. The fourth-order valence-corrected chi connectivity index (χ4v) is 2.78. The smallest absolute Gasteiger partial charge is 0.354 e. The molecule has 4 N–H and O–H groups in total. The minimum atomic E-state index is -0.539. The van der Waals surface area contributed by atoms with Crippen molar-refractivity contribution in [3.05, 3.63) is 32.9 Å². The number of imidazole rings is 1. The maximum atomic E-state index is 12.2. The van der Waals surface area contributed by atoms with E-state index < -0.39 is 5.69 Å². The summed E-state index contributed by atoms with van der Waals surface area (Å²) >= 11 is 0. The van der Waals surface area contributed by atoms with Crippen molar-refractivity contribution in [1.82, 2.24) is 23.9 Å². The Labute approximate surface area is 128 Å². The highest BCUT2D eigenvalue weighted by atomic mass is 31.1. The second-order valence-corrected chi connectivity index (χ2v) is 5.74.